The maximum atomic E-state index is 0. The maximum Gasteiger partial charge on any atom is 2.00 e. The van der Waals surface area contributed by atoms with Crippen LogP contribution in [0.5, 0.6) is 0 Å². The van der Waals surface area contributed by atoms with Crippen LogP contribution in [-0.4, -0.2) is 46.1 Å². The fourth-order valence-corrected chi connectivity index (χ4v) is 0. The molecule has 6 heavy (non-hydrogen) atoms. The van der Waals surface area contributed by atoms with Crippen LogP contribution >= 0.6 is 0 Å². The molecule has 0 N–H and O–H groups in total. The van der Waals surface area contributed by atoms with Gasteiger partial charge in [-0.15, -0.1) is 0 Å². The van der Waals surface area contributed by atoms with E-state index in [9.17, 15) is 0 Å². The first kappa shape index (κ1) is 42.0. The van der Waals surface area contributed by atoms with Gasteiger partial charge < -0.3 is 5.71 Å². The van der Waals surface area contributed by atoms with Crippen molar-refractivity contribution in [1.29, 1.82) is 0 Å². The van der Waals surface area contributed by atoms with Crippen LogP contribution in [0.25, 0.3) is 0 Å². The SMILES string of the molecule is [Gd].[H-].[H-].[H-].[H-].[Mg+2].[Mg+2].[Y].[Zn].[Zr]. The fourth-order valence-electron chi connectivity index (χ4n) is 0. The molecule has 6 heteroatoms. The first-order valence-electron chi connectivity index (χ1n) is 0. The summed E-state index contributed by atoms with van der Waals surface area (Å²) in [6.07, 6.45) is 0. The van der Waals surface area contributed by atoms with Crippen molar-refractivity contribution in [2.75, 3.05) is 0 Å². The third-order valence-electron chi connectivity index (χ3n) is 0. The van der Waals surface area contributed by atoms with Gasteiger partial charge in [-0.3, -0.25) is 0 Å². The third kappa shape index (κ3) is 22.7. The zero-order chi connectivity index (χ0) is 0. The van der Waals surface area contributed by atoms with Gasteiger partial charge in [0.15, 0.2) is 0 Å². The Kier molecular flexibility index (Phi) is 220. The van der Waals surface area contributed by atoms with E-state index < -0.39 is 0 Å². The summed E-state index contributed by atoms with van der Waals surface area (Å²) in [5.74, 6) is 0. The summed E-state index contributed by atoms with van der Waals surface area (Å²) in [4.78, 5) is 0. The summed E-state index contributed by atoms with van der Waals surface area (Å²) in [5.41, 5.74) is 0. The van der Waals surface area contributed by atoms with Crippen LogP contribution in [0, 0.1) is 39.9 Å². The van der Waals surface area contributed by atoms with E-state index in [1.54, 1.807) is 0 Å². The average Bonchev–Trinajstić information content (AvgIpc) is 0. The second kappa shape index (κ2) is 31.4. The molecule has 0 heterocycles. The molecule has 0 fully saturated rings. The van der Waals surface area contributed by atoms with Crippen molar-refractivity contribution in [3.05, 3.63) is 0 Å². The molecule has 0 unspecified atom stereocenters. The van der Waals surface area contributed by atoms with Gasteiger partial charge in [0.05, 0.1) is 0 Å². The zero-order valence-electron chi connectivity index (χ0n) is 7.55. The summed E-state index contributed by atoms with van der Waals surface area (Å²) in [6, 6.07) is 0. The van der Waals surface area contributed by atoms with Crippen molar-refractivity contribution in [3.63, 3.8) is 0 Å². The number of hydrogen-bond donors (Lipinski definition) is 0. The molecule has 0 nitrogen and oxygen atoms in total. The van der Waals surface area contributed by atoms with E-state index in [4.69, 9.17) is 0 Å². The molecular weight excluding hydrogens is 451 g/mol. The molecule has 0 aromatic carbocycles. The van der Waals surface area contributed by atoms with Crippen LogP contribution < -0.4 is 0 Å². The molecule has 0 aliphatic rings. The summed E-state index contributed by atoms with van der Waals surface area (Å²) in [6.45, 7) is 0. The molecule has 0 aromatic heterocycles. The van der Waals surface area contributed by atoms with Crippen molar-refractivity contribution in [2.24, 2.45) is 0 Å². The predicted octanol–water partition coefficient (Wildman–Crippen LogP) is -0.319. The quantitative estimate of drug-likeness (QED) is 0.440. The van der Waals surface area contributed by atoms with Crippen LogP contribution in [-0.2, 0) is 78.4 Å². The van der Waals surface area contributed by atoms with E-state index in [1.165, 1.54) is 0 Å². The largest absolute Gasteiger partial charge is 2.00 e. The van der Waals surface area contributed by atoms with Crippen LogP contribution in [0.2, 0.25) is 0 Å². The van der Waals surface area contributed by atoms with Gasteiger partial charge in [-0.05, 0) is 0 Å². The first-order valence-corrected chi connectivity index (χ1v) is 0. The molecule has 0 aliphatic heterocycles. The van der Waals surface area contributed by atoms with E-state index in [2.05, 4.69) is 0 Å². The minimum Gasteiger partial charge on any atom is -1.00 e. The summed E-state index contributed by atoms with van der Waals surface area (Å²) in [5, 5.41) is 0. The molecule has 1 radical (unpaired) electrons. The van der Waals surface area contributed by atoms with Crippen molar-refractivity contribution >= 4 is 46.1 Å². The smallest absolute Gasteiger partial charge is 1.00 e. The predicted molar refractivity (Wildman–Crippen MR) is 16.0 cm³/mol. The van der Waals surface area contributed by atoms with E-state index in [0.29, 0.717) is 0 Å². The van der Waals surface area contributed by atoms with Gasteiger partial charge in [0.2, 0.25) is 0 Å². The molecule has 0 amide bonds. The van der Waals surface area contributed by atoms with Crippen LogP contribution in [0.3, 0.4) is 0 Å². The van der Waals surface area contributed by atoms with Gasteiger partial charge in [0.1, 0.15) is 0 Å². The van der Waals surface area contributed by atoms with Gasteiger partial charge in [-0.25, -0.2) is 0 Å². The Balaban J connectivity index is 0. The standard InChI is InChI=1S/Gd.2Mg.Y.Zn.Zr.4H/q;2*+2;;;;4*-1. The summed E-state index contributed by atoms with van der Waals surface area (Å²) < 4.78 is 0. The molecule has 0 saturated carbocycles. The molecule has 0 rings (SSSR count). The van der Waals surface area contributed by atoms with Crippen molar-refractivity contribution in [3.8, 4) is 0 Å². The molecule has 0 aliphatic carbocycles. The van der Waals surface area contributed by atoms with E-state index >= 15 is 0 Å². The Morgan fingerprint density at radius 1 is 1.00 bits per heavy atom. The van der Waals surface area contributed by atoms with Gasteiger partial charge in [-0.1, -0.05) is 0 Å². The molecule has 0 saturated heterocycles. The second-order valence-corrected chi connectivity index (χ2v) is 0. The molecule has 25 valence electrons. The first-order chi connectivity index (χ1) is 0. The van der Waals surface area contributed by atoms with E-state index in [1.807, 2.05) is 0 Å². The number of rotatable bonds is 0. The Morgan fingerprint density at radius 3 is 1.00 bits per heavy atom. The van der Waals surface area contributed by atoms with Crippen LogP contribution in [0.4, 0.5) is 0 Å². The molecule has 0 atom stereocenters. The van der Waals surface area contributed by atoms with Crippen molar-refractivity contribution in [1.82, 2.24) is 0 Å². The van der Waals surface area contributed by atoms with Gasteiger partial charge >= 0.3 is 46.1 Å². The maximum absolute atomic E-state index is 0. The van der Waals surface area contributed by atoms with Gasteiger partial charge in [-0.2, -0.15) is 0 Å². The topological polar surface area (TPSA) is 0 Å². The number of hydrogen-bond acceptors (Lipinski definition) is 0. The van der Waals surface area contributed by atoms with Crippen molar-refractivity contribution in [2.45, 2.75) is 0 Å². The minimum absolute atomic E-state index is 0. The monoisotopic (exact) mass is 453 g/mol. The Morgan fingerprint density at radius 2 is 1.00 bits per heavy atom. The Bertz CT molecular complexity index is 23.2. The van der Waals surface area contributed by atoms with Gasteiger partial charge in [0.25, 0.3) is 0 Å². The van der Waals surface area contributed by atoms with Crippen molar-refractivity contribution < 1.29 is 124 Å². The minimum atomic E-state index is 0. The summed E-state index contributed by atoms with van der Waals surface area (Å²) >= 11 is 0. The van der Waals surface area contributed by atoms with Gasteiger partial charge in [0, 0.05) is 118 Å². The molecular formula is H4GdMg2YZnZr. The molecule has 0 bridgehead atoms. The second-order valence-electron chi connectivity index (χ2n) is 0. The van der Waals surface area contributed by atoms with Crippen LogP contribution in [0.15, 0.2) is 0 Å². The van der Waals surface area contributed by atoms with Crippen LogP contribution in [0.1, 0.15) is 5.71 Å². The zero-order valence-corrected chi connectivity index (χ0v) is 16.9. The Labute approximate surface area is 166 Å². The Hall–Kier alpha value is 5.47. The summed E-state index contributed by atoms with van der Waals surface area (Å²) in [7, 11) is 0. The third-order valence-corrected chi connectivity index (χ3v) is 0. The molecule has 0 spiro atoms. The molecule has 0 aromatic rings. The fraction of sp³-hybridized carbons (Fsp3) is 0. The van der Waals surface area contributed by atoms with E-state index in [-0.39, 0.29) is 170 Å². The average molecular weight is 455 g/mol. The van der Waals surface area contributed by atoms with E-state index in [0.717, 1.165) is 0 Å². The normalized spacial score (nSPS) is 0.